The molecule has 1 aromatic carbocycles. The van der Waals surface area contributed by atoms with E-state index in [0.717, 1.165) is 23.3 Å². The second kappa shape index (κ2) is 8.12. The number of aryl methyl sites for hydroxylation is 1. The number of nitrogens with zero attached hydrogens (tertiary/aromatic N) is 1. The molecular weight excluding hydrogens is 360 g/mol. The molecule has 0 radical (unpaired) electrons. The highest BCUT2D eigenvalue weighted by atomic mass is 16.5. The summed E-state index contributed by atoms with van der Waals surface area (Å²) in [6.07, 6.45) is 2.15. The topological polar surface area (TPSA) is 92.8 Å². The third-order valence-corrected chi connectivity index (χ3v) is 5.67. The molecule has 0 bridgehead atoms. The minimum absolute atomic E-state index is 0.295. The number of nitrogens with one attached hydrogen (secondary N) is 1. The van der Waals surface area contributed by atoms with E-state index in [0.29, 0.717) is 18.5 Å². The standard InChI is InChI=1S/C21H26N2O5/c1-12-8-4-7-11-17(12)22-18(24)14(3)28-21(27)13(2)23-19(25)15-9-5-6-10-16(15)20(23)26/h4,7-8,11,13-16H,5-6,9-10H2,1-3H3,(H,22,24)/t13-,14+,15-,16+/m1/s1. The van der Waals surface area contributed by atoms with Crippen molar-refractivity contribution in [1.82, 2.24) is 4.90 Å². The molecule has 7 heteroatoms. The van der Waals surface area contributed by atoms with Gasteiger partial charge in [-0.05, 0) is 45.2 Å². The summed E-state index contributed by atoms with van der Waals surface area (Å²) in [5.41, 5.74) is 1.52. The molecule has 150 valence electrons. The summed E-state index contributed by atoms with van der Waals surface area (Å²) >= 11 is 0. The van der Waals surface area contributed by atoms with Crippen molar-refractivity contribution in [3.63, 3.8) is 0 Å². The summed E-state index contributed by atoms with van der Waals surface area (Å²) < 4.78 is 5.25. The van der Waals surface area contributed by atoms with E-state index in [1.165, 1.54) is 13.8 Å². The smallest absolute Gasteiger partial charge is 0.329 e. The largest absolute Gasteiger partial charge is 0.451 e. The molecule has 0 unspecified atom stereocenters. The Morgan fingerprint density at radius 2 is 1.64 bits per heavy atom. The number of para-hydroxylation sites is 1. The zero-order valence-corrected chi connectivity index (χ0v) is 16.4. The number of esters is 1. The Kier molecular flexibility index (Phi) is 5.82. The van der Waals surface area contributed by atoms with E-state index in [1.807, 2.05) is 19.1 Å². The summed E-state index contributed by atoms with van der Waals surface area (Å²) in [6.45, 7) is 4.80. The number of hydrogen-bond acceptors (Lipinski definition) is 5. The molecule has 1 N–H and O–H groups in total. The maximum atomic E-state index is 12.6. The highest BCUT2D eigenvalue weighted by Gasteiger charge is 2.51. The van der Waals surface area contributed by atoms with Gasteiger partial charge in [0.1, 0.15) is 6.04 Å². The van der Waals surface area contributed by atoms with Crippen LogP contribution < -0.4 is 5.32 Å². The van der Waals surface area contributed by atoms with Crippen molar-refractivity contribution in [1.29, 1.82) is 0 Å². The van der Waals surface area contributed by atoms with E-state index < -0.39 is 24.0 Å². The van der Waals surface area contributed by atoms with Gasteiger partial charge in [0.25, 0.3) is 5.91 Å². The van der Waals surface area contributed by atoms with Gasteiger partial charge in [-0.25, -0.2) is 4.79 Å². The first-order valence-corrected chi connectivity index (χ1v) is 9.75. The summed E-state index contributed by atoms with van der Waals surface area (Å²) in [7, 11) is 0. The molecule has 1 aliphatic heterocycles. The predicted molar refractivity (Wildman–Crippen MR) is 102 cm³/mol. The van der Waals surface area contributed by atoms with Crippen LogP contribution in [-0.2, 0) is 23.9 Å². The number of anilines is 1. The molecule has 1 saturated heterocycles. The van der Waals surface area contributed by atoms with Crippen molar-refractivity contribution in [3.8, 4) is 0 Å². The highest BCUT2D eigenvalue weighted by Crippen LogP contribution is 2.38. The fourth-order valence-electron chi connectivity index (χ4n) is 3.95. The average Bonchev–Trinajstić information content (AvgIpc) is 2.93. The van der Waals surface area contributed by atoms with E-state index in [9.17, 15) is 19.2 Å². The van der Waals surface area contributed by atoms with E-state index >= 15 is 0 Å². The normalized spacial score (nSPS) is 23.8. The van der Waals surface area contributed by atoms with Gasteiger partial charge in [-0.15, -0.1) is 0 Å². The molecule has 1 heterocycles. The first kappa shape index (κ1) is 20.0. The number of hydrogen-bond donors (Lipinski definition) is 1. The van der Waals surface area contributed by atoms with Crippen molar-refractivity contribution in [2.24, 2.45) is 11.8 Å². The van der Waals surface area contributed by atoms with Gasteiger partial charge in [0.05, 0.1) is 11.8 Å². The zero-order valence-electron chi connectivity index (χ0n) is 16.4. The van der Waals surface area contributed by atoms with Crippen LogP contribution in [0, 0.1) is 18.8 Å². The fourth-order valence-corrected chi connectivity index (χ4v) is 3.95. The maximum absolute atomic E-state index is 12.6. The third-order valence-electron chi connectivity index (χ3n) is 5.67. The number of amides is 3. The number of ether oxygens (including phenoxy) is 1. The number of carbonyl (C=O) groups excluding carboxylic acids is 4. The van der Waals surface area contributed by atoms with Gasteiger partial charge in [0.2, 0.25) is 11.8 Å². The molecule has 3 amide bonds. The van der Waals surface area contributed by atoms with Crippen LogP contribution in [0.4, 0.5) is 5.69 Å². The van der Waals surface area contributed by atoms with Gasteiger partial charge in [-0.3, -0.25) is 19.3 Å². The molecule has 2 aliphatic rings. The maximum Gasteiger partial charge on any atom is 0.329 e. The Morgan fingerprint density at radius 1 is 1.07 bits per heavy atom. The number of rotatable bonds is 5. The monoisotopic (exact) mass is 386 g/mol. The lowest BCUT2D eigenvalue weighted by atomic mass is 9.81. The highest BCUT2D eigenvalue weighted by molar-refractivity contribution is 6.08. The molecule has 28 heavy (non-hydrogen) atoms. The van der Waals surface area contributed by atoms with E-state index in [1.54, 1.807) is 12.1 Å². The average molecular weight is 386 g/mol. The van der Waals surface area contributed by atoms with Crippen molar-refractivity contribution in [3.05, 3.63) is 29.8 Å². The number of likely N-dealkylation sites (tertiary alicyclic amines) is 1. The lowest BCUT2D eigenvalue weighted by molar-refractivity contribution is -0.163. The van der Waals surface area contributed by atoms with Crippen LogP contribution in [0.5, 0.6) is 0 Å². The van der Waals surface area contributed by atoms with E-state index in [4.69, 9.17) is 4.74 Å². The van der Waals surface area contributed by atoms with Crippen LogP contribution in [0.2, 0.25) is 0 Å². The Hall–Kier alpha value is -2.70. The van der Waals surface area contributed by atoms with Gasteiger partial charge in [0.15, 0.2) is 6.10 Å². The number of fused-ring (bicyclic) bond motifs is 1. The quantitative estimate of drug-likeness (QED) is 0.620. The fraction of sp³-hybridized carbons (Fsp3) is 0.524. The van der Waals surface area contributed by atoms with Gasteiger partial charge in [-0.2, -0.15) is 0 Å². The molecule has 0 aromatic heterocycles. The SMILES string of the molecule is Cc1ccccc1NC(=O)[C@H](C)OC(=O)[C@@H](C)N1C(=O)[C@H]2CCCC[C@H]2C1=O. The Labute approximate surface area is 164 Å². The molecule has 2 fully saturated rings. The minimum Gasteiger partial charge on any atom is -0.451 e. The Bertz CT molecular complexity index is 782. The van der Waals surface area contributed by atoms with Gasteiger partial charge in [-0.1, -0.05) is 31.0 Å². The van der Waals surface area contributed by atoms with Crippen LogP contribution in [0.15, 0.2) is 24.3 Å². The van der Waals surface area contributed by atoms with Gasteiger partial charge < -0.3 is 10.1 Å². The lowest BCUT2D eigenvalue weighted by Gasteiger charge is -2.23. The van der Waals surface area contributed by atoms with Crippen molar-refractivity contribution >= 4 is 29.4 Å². The number of benzene rings is 1. The molecule has 1 aromatic rings. The molecule has 0 spiro atoms. The lowest BCUT2D eigenvalue weighted by Crippen LogP contribution is -2.46. The van der Waals surface area contributed by atoms with E-state index in [2.05, 4.69) is 5.32 Å². The Balaban J connectivity index is 1.62. The summed E-state index contributed by atoms with van der Waals surface area (Å²) in [5.74, 6) is -2.46. The Morgan fingerprint density at radius 3 is 2.21 bits per heavy atom. The van der Waals surface area contributed by atoms with Crippen molar-refractivity contribution < 1.29 is 23.9 Å². The first-order chi connectivity index (χ1) is 13.3. The first-order valence-electron chi connectivity index (χ1n) is 9.75. The summed E-state index contributed by atoms with van der Waals surface area (Å²) in [6, 6.07) is 6.23. The van der Waals surface area contributed by atoms with Crippen LogP contribution in [0.3, 0.4) is 0 Å². The van der Waals surface area contributed by atoms with Crippen molar-refractivity contribution in [2.75, 3.05) is 5.32 Å². The minimum atomic E-state index is -1.05. The predicted octanol–water partition coefficient (Wildman–Crippen LogP) is 2.43. The van der Waals surface area contributed by atoms with Crippen LogP contribution in [-0.4, -0.2) is 40.7 Å². The summed E-state index contributed by atoms with van der Waals surface area (Å²) in [5, 5.41) is 2.72. The molecule has 1 saturated carbocycles. The van der Waals surface area contributed by atoms with Gasteiger partial charge >= 0.3 is 5.97 Å². The molecule has 4 atom stereocenters. The zero-order chi connectivity index (χ0) is 20.4. The van der Waals surface area contributed by atoms with Crippen LogP contribution in [0.25, 0.3) is 0 Å². The molecule has 7 nitrogen and oxygen atoms in total. The number of imide groups is 1. The third kappa shape index (κ3) is 3.79. The van der Waals surface area contributed by atoms with Crippen molar-refractivity contribution in [2.45, 2.75) is 58.6 Å². The molecule has 1 aliphatic carbocycles. The van der Waals surface area contributed by atoms with Crippen LogP contribution >= 0.6 is 0 Å². The van der Waals surface area contributed by atoms with Gasteiger partial charge in [0, 0.05) is 5.69 Å². The van der Waals surface area contributed by atoms with Crippen LogP contribution in [0.1, 0.15) is 45.1 Å². The second-order valence-corrected chi connectivity index (χ2v) is 7.60. The number of carbonyl (C=O) groups is 4. The molecule has 3 rings (SSSR count). The molecular formula is C21H26N2O5. The summed E-state index contributed by atoms with van der Waals surface area (Å²) in [4.78, 5) is 51.1. The second-order valence-electron chi connectivity index (χ2n) is 7.60. The van der Waals surface area contributed by atoms with E-state index in [-0.39, 0.29) is 23.7 Å².